The van der Waals surface area contributed by atoms with Gasteiger partial charge in [0.15, 0.2) is 0 Å². The Labute approximate surface area is 84.6 Å². The highest BCUT2D eigenvalue weighted by Gasteiger charge is 2.21. The zero-order valence-corrected chi connectivity index (χ0v) is 8.86. The van der Waals surface area contributed by atoms with E-state index >= 15 is 0 Å². The summed E-state index contributed by atoms with van der Waals surface area (Å²) in [7, 11) is 1.68. The minimum atomic E-state index is -0.204. The maximum absolute atomic E-state index is 11.3. The fourth-order valence-electron chi connectivity index (χ4n) is 1.46. The lowest BCUT2D eigenvalue weighted by atomic mass is 10.3. The van der Waals surface area contributed by atoms with Crippen LogP contribution in [0.4, 0.5) is 4.79 Å². The van der Waals surface area contributed by atoms with E-state index in [9.17, 15) is 4.79 Å². The van der Waals surface area contributed by atoms with Crippen LogP contribution in [0.25, 0.3) is 0 Å². The molecule has 0 unspecified atom stereocenters. The topological polar surface area (TPSA) is 42.0 Å². The van der Waals surface area contributed by atoms with E-state index in [1.165, 1.54) is 0 Å². The van der Waals surface area contributed by atoms with E-state index in [0.29, 0.717) is 13.3 Å². The number of methoxy groups -OCH3 is 1. The van der Waals surface area contributed by atoms with Crippen LogP contribution in [0.15, 0.2) is 0 Å². The quantitative estimate of drug-likeness (QED) is 0.663. The van der Waals surface area contributed by atoms with Crippen molar-refractivity contribution < 1.29 is 14.3 Å². The van der Waals surface area contributed by atoms with Crippen LogP contribution < -0.4 is 0 Å². The van der Waals surface area contributed by atoms with Gasteiger partial charge in [-0.3, -0.25) is 4.90 Å². The van der Waals surface area contributed by atoms with E-state index in [-0.39, 0.29) is 6.09 Å². The second-order valence-electron chi connectivity index (χ2n) is 3.22. The molecule has 0 bridgehead atoms. The maximum atomic E-state index is 11.3. The minimum Gasteiger partial charge on any atom is -0.450 e. The molecule has 1 fully saturated rings. The number of carbonyl (C=O) groups excluding carboxylic acids is 1. The molecule has 1 amide bonds. The lowest BCUT2D eigenvalue weighted by Gasteiger charge is -2.33. The van der Waals surface area contributed by atoms with Gasteiger partial charge >= 0.3 is 6.09 Å². The Balaban J connectivity index is 2.24. The van der Waals surface area contributed by atoms with Crippen LogP contribution in [0, 0.1) is 0 Å². The minimum absolute atomic E-state index is 0.204. The Bertz CT molecular complexity index is 179. The highest BCUT2D eigenvalue weighted by molar-refractivity contribution is 5.67. The summed E-state index contributed by atoms with van der Waals surface area (Å²) >= 11 is 0. The molecule has 1 aliphatic rings. The summed E-state index contributed by atoms with van der Waals surface area (Å²) in [4.78, 5) is 15.2. The van der Waals surface area contributed by atoms with Crippen molar-refractivity contribution >= 4 is 6.09 Å². The molecule has 0 aromatic rings. The highest BCUT2D eigenvalue weighted by Crippen LogP contribution is 2.03. The van der Waals surface area contributed by atoms with Crippen LogP contribution in [0.5, 0.6) is 0 Å². The number of carbonyl (C=O) groups is 1. The summed E-state index contributed by atoms with van der Waals surface area (Å²) in [5.41, 5.74) is 0. The largest absolute Gasteiger partial charge is 0.450 e. The molecular weight excluding hydrogens is 184 g/mol. The van der Waals surface area contributed by atoms with Crippen LogP contribution in [-0.4, -0.2) is 62.5 Å². The molecule has 5 nitrogen and oxygen atoms in total. The van der Waals surface area contributed by atoms with Crippen LogP contribution in [0.2, 0.25) is 0 Å². The van der Waals surface area contributed by atoms with E-state index in [1.54, 1.807) is 12.0 Å². The monoisotopic (exact) mass is 202 g/mol. The Kier molecular flexibility index (Phi) is 4.69. The van der Waals surface area contributed by atoms with Crippen molar-refractivity contribution in [3.63, 3.8) is 0 Å². The summed E-state index contributed by atoms with van der Waals surface area (Å²) in [5.74, 6) is 0. The van der Waals surface area contributed by atoms with Crippen molar-refractivity contribution in [2.24, 2.45) is 0 Å². The molecule has 1 saturated heterocycles. The number of piperazine rings is 1. The molecule has 1 heterocycles. The smallest absolute Gasteiger partial charge is 0.409 e. The number of hydrogen-bond acceptors (Lipinski definition) is 4. The van der Waals surface area contributed by atoms with Crippen LogP contribution in [0.1, 0.15) is 6.92 Å². The second kappa shape index (κ2) is 5.82. The van der Waals surface area contributed by atoms with Gasteiger partial charge in [-0.05, 0) is 6.92 Å². The van der Waals surface area contributed by atoms with Gasteiger partial charge in [0.1, 0.15) is 0 Å². The summed E-state index contributed by atoms with van der Waals surface area (Å²) in [6.07, 6.45) is -0.204. The maximum Gasteiger partial charge on any atom is 0.409 e. The summed E-state index contributed by atoms with van der Waals surface area (Å²) in [5, 5.41) is 0. The molecule has 0 aliphatic carbocycles. The lowest BCUT2D eigenvalue weighted by Crippen LogP contribution is -2.49. The van der Waals surface area contributed by atoms with E-state index in [4.69, 9.17) is 9.47 Å². The molecule has 1 aliphatic heterocycles. The van der Waals surface area contributed by atoms with E-state index < -0.39 is 0 Å². The zero-order valence-electron chi connectivity index (χ0n) is 8.86. The summed E-state index contributed by atoms with van der Waals surface area (Å²) in [6, 6.07) is 0. The first-order valence-corrected chi connectivity index (χ1v) is 4.91. The van der Waals surface area contributed by atoms with Gasteiger partial charge in [0.2, 0.25) is 0 Å². The first-order chi connectivity index (χ1) is 6.77. The molecule has 0 radical (unpaired) electrons. The number of rotatable bonds is 3. The number of amides is 1. The Morgan fingerprint density at radius 2 is 1.93 bits per heavy atom. The third-order valence-corrected chi connectivity index (χ3v) is 2.21. The number of nitrogens with zero attached hydrogens (tertiary/aromatic N) is 2. The predicted molar refractivity (Wildman–Crippen MR) is 52.0 cm³/mol. The van der Waals surface area contributed by atoms with Crippen molar-refractivity contribution in [1.29, 1.82) is 0 Å². The average molecular weight is 202 g/mol. The van der Waals surface area contributed by atoms with E-state index in [1.807, 2.05) is 6.92 Å². The molecule has 5 heteroatoms. The SMILES string of the molecule is CCOC(=O)N1CCN(COC)CC1. The third kappa shape index (κ3) is 3.16. The van der Waals surface area contributed by atoms with Gasteiger partial charge < -0.3 is 14.4 Å². The standard InChI is InChI=1S/C9H18N2O3/c1-3-14-9(12)11-6-4-10(5-7-11)8-13-2/h3-8H2,1-2H3. The number of hydrogen-bond donors (Lipinski definition) is 0. The average Bonchev–Trinajstić information content (AvgIpc) is 2.20. The van der Waals surface area contributed by atoms with Crippen molar-refractivity contribution in [3.05, 3.63) is 0 Å². The first-order valence-electron chi connectivity index (χ1n) is 4.91. The fourth-order valence-corrected chi connectivity index (χ4v) is 1.46. The molecule has 0 aromatic heterocycles. The van der Waals surface area contributed by atoms with Gasteiger partial charge in [-0.2, -0.15) is 0 Å². The molecule has 0 spiro atoms. The third-order valence-electron chi connectivity index (χ3n) is 2.21. The van der Waals surface area contributed by atoms with Crippen molar-refractivity contribution in [3.8, 4) is 0 Å². The zero-order chi connectivity index (χ0) is 10.4. The molecule has 14 heavy (non-hydrogen) atoms. The lowest BCUT2D eigenvalue weighted by molar-refractivity contribution is 0.0231. The molecule has 0 saturated carbocycles. The highest BCUT2D eigenvalue weighted by atomic mass is 16.6. The normalized spacial score (nSPS) is 18.3. The Hall–Kier alpha value is -0.810. The summed E-state index contributed by atoms with van der Waals surface area (Å²) in [6.45, 7) is 6.05. The molecular formula is C9H18N2O3. The second-order valence-corrected chi connectivity index (χ2v) is 3.22. The van der Waals surface area contributed by atoms with Crippen LogP contribution in [-0.2, 0) is 9.47 Å². The fraction of sp³-hybridized carbons (Fsp3) is 0.889. The molecule has 82 valence electrons. The first kappa shape index (κ1) is 11.3. The van der Waals surface area contributed by atoms with Crippen molar-refractivity contribution in [1.82, 2.24) is 9.80 Å². The summed E-state index contributed by atoms with van der Waals surface area (Å²) < 4.78 is 9.93. The van der Waals surface area contributed by atoms with E-state index in [0.717, 1.165) is 26.2 Å². The van der Waals surface area contributed by atoms with Gasteiger partial charge in [-0.15, -0.1) is 0 Å². The van der Waals surface area contributed by atoms with Crippen molar-refractivity contribution in [2.75, 3.05) is 46.6 Å². The molecule has 1 rings (SSSR count). The molecule has 0 atom stereocenters. The van der Waals surface area contributed by atoms with Gasteiger partial charge in [-0.1, -0.05) is 0 Å². The van der Waals surface area contributed by atoms with Crippen LogP contribution >= 0.6 is 0 Å². The Morgan fingerprint density at radius 1 is 1.29 bits per heavy atom. The molecule has 0 aromatic carbocycles. The Morgan fingerprint density at radius 3 is 2.43 bits per heavy atom. The van der Waals surface area contributed by atoms with Gasteiger partial charge in [0.25, 0.3) is 0 Å². The van der Waals surface area contributed by atoms with Gasteiger partial charge in [0, 0.05) is 33.3 Å². The van der Waals surface area contributed by atoms with Gasteiger partial charge in [-0.25, -0.2) is 4.79 Å². The van der Waals surface area contributed by atoms with Gasteiger partial charge in [0.05, 0.1) is 13.3 Å². The number of ether oxygens (including phenoxy) is 2. The van der Waals surface area contributed by atoms with Crippen molar-refractivity contribution in [2.45, 2.75) is 6.92 Å². The predicted octanol–water partition coefficient (Wildman–Crippen LogP) is 0.364. The van der Waals surface area contributed by atoms with Crippen LogP contribution in [0.3, 0.4) is 0 Å². The molecule has 0 N–H and O–H groups in total. The van der Waals surface area contributed by atoms with E-state index in [2.05, 4.69) is 4.90 Å².